The molecular weight excluding hydrogens is 427 g/mol. The lowest BCUT2D eigenvalue weighted by Gasteiger charge is -2.14. The summed E-state index contributed by atoms with van der Waals surface area (Å²) >= 11 is 0. The third-order valence-corrected chi connectivity index (χ3v) is 5.03. The van der Waals surface area contributed by atoms with Crippen LogP contribution in [0.15, 0.2) is 64.5 Å². The van der Waals surface area contributed by atoms with E-state index in [0.717, 1.165) is 12.1 Å². The van der Waals surface area contributed by atoms with Crippen LogP contribution in [0.25, 0.3) is 16.7 Å². The van der Waals surface area contributed by atoms with Gasteiger partial charge in [-0.3, -0.25) is 14.0 Å². The highest BCUT2D eigenvalue weighted by molar-refractivity contribution is 5.97. The van der Waals surface area contributed by atoms with E-state index in [1.54, 1.807) is 35.9 Å². The zero-order valence-corrected chi connectivity index (χ0v) is 18.1. The number of pyridine rings is 2. The number of aromatic nitrogens is 3. The lowest BCUT2D eigenvalue weighted by atomic mass is 10.2. The fourth-order valence-corrected chi connectivity index (χ4v) is 3.55. The topological polar surface area (TPSA) is 95.0 Å². The molecule has 3 aromatic heterocycles. The largest absolute Gasteiger partial charge is 0.462 e. The molecule has 4 aromatic rings. The molecule has 0 aliphatic carbocycles. The van der Waals surface area contributed by atoms with Gasteiger partial charge in [0.1, 0.15) is 22.7 Å². The summed E-state index contributed by atoms with van der Waals surface area (Å²) in [4.78, 5) is 47.7. The van der Waals surface area contributed by atoms with Crippen LogP contribution in [-0.2, 0) is 11.3 Å². The molecule has 33 heavy (non-hydrogen) atoms. The van der Waals surface area contributed by atoms with E-state index >= 15 is 0 Å². The van der Waals surface area contributed by atoms with Gasteiger partial charge in [0.25, 0.3) is 11.5 Å². The molecule has 0 fully saturated rings. The van der Waals surface area contributed by atoms with Crippen molar-refractivity contribution in [2.75, 3.05) is 6.61 Å². The summed E-state index contributed by atoms with van der Waals surface area (Å²) < 4.78 is 21.4. The highest BCUT2D eigenvalue weighted by Crippen LogP contribution is 2.12. The number of benzene rings is 1. The first-order valence-corrected chi connectivity index (χ1v) is 10.5. The highest BCUT2D eigenvalue weighted by atomic mass is 19.1. The van der Waals surface area contributed by atoms with E-state index < -0.39 is 17.7 Å². The second kappa shape index (κ2) is 9.15. The van der Waals surface area contributed by atoms with Crippen LogP contribution in [0.2, 0.25) is 0 Å². The molecule has 0 aliphatic heterocycles. The van der Waals surface area contributed by atoms with Gasteiger partial charge in [0, 0.05) is 18.3 Å². The average Bonchev–Trinajstić information content (AvgIpc) is 2.81. The molecule has 0 radical (unpaired) electrons. The van der Waals surface area contributed by atoms with Crippen molar-refractivity contribution in [3.05, 3.63) is 87.5 Å². The Morgan fingerprint density at radius 1 is 1.12 bits per heavy atom. The molecule has 0 aliphatic rings. The van der Waals surface area contributed by atoms with Crippen LogP contribution in [0.1, 0.15) is 41.0 Å². The van der Waals surface area contributed by atoms with E-state index in [1.807, 2.05) is 6.92 Å². The maximum absolute atomic E-state index is 13.3. The quantitative estimate of drug-likeness (QED) is 0.345. The Morgan fingerprint density at radius 3 is 2.58 bits per heavy atom. The van der Waals surface area contributed by atoms with E-state index in [4.69, 9.17) is 4.74 Å². The Hall–Kier alpha value is -4.14. The fraction of sp³-hybridized carbons (Fsp3) is 0.208. The Labute approximate surface area is 187 Å². The summed E-state index contributed by atoms with van der Waals surface area (Å²) in [5.41, 5.74) is 0.516. The van der Waals surface area contributed by atoms with Gasteiger partial charge in [0.2, 0.25) is 0 Å². The highest BCUT2D eigenvalue weighted by Gasteiger charge is 2.20. The van der Waals surface area contributed by atoms with Crippen LogP contribution in [-0.4, -0.2) is 32.4 Å². The predicted molar refractivity (Wildman–Crippen MR) is 119 cm³/mol. The average molecular weight is 448 g/mol. The number of esters is 1. The number of halogens is 1. The summed E-state index contributed by atoms with van der Waals surface area (Å²) in [5, 5.41) is 0.198. The number of rotatable bonds is 5. The van der Waals surface area contributed by atoms with Crippen molar-refractivity contribution >= 4 is 28.6 Å². The van der Waals surface area contributed by atoms with E-state index in [9.17, 15) is 18.8 Å². The van der Waals surface area contributed by atoms with Gasteiger partial charge in [-0.1, -0.05) is 13.0 Å². The van der Waals surface area contributed by atoms with Crippen LogP contribution in [0.5, 0.6) is 0 Å². The number of amides is 1. The molecule has 0 bridgehead atoms. The minimum absolute atomic E-state index is 0.0250. The molecule has 0 spiro atoms. The predicted octanol–water partition coefficient (Wildman–Crippen LogP) is 3.12. The molecule has 8 nitrogen and oxygen atoms in total. The van der Waals surface area contributed by atoms with Crippen LogP contribution >= 0.6 is 0 Å². The summed E-state index contributed by atoms with van der Waals surface area (Å²) in [7, 11) is 0. The molecule has 4 rings (SSSR count). The van der Waals surface area contributed by atoms with E-state index in [2.05, 4.69) is 9.98 Å². The van der Waals surface area contributed by atoms with Gasteiger partial charge < -0.3 is 9.30 Å². The molecule has 0 atom stereocenters. The molecule has 0 unspecified atom stereocenters. The molecule has 1 amide bonds. The number of nitrogens with zero attached hydrogens (tertiary/aromatic N) is 4. The summed E-state index contributed by atoms with van der Waals surface area (Å²) in [6, 6.07) is 11.5. The molecule has 3 heterocycles. The van der Waals surface area contributed by atoms with E-state index in [1.165, 1.54) is 22.6 Å². The first-order chi connectivity index (χ1) is 15.9. The standard InChI is InChI=1S/C24H21FN4O4/c1-3-12-29-20-17(23(31)28-13-6-5-7-19(28)26-20)14-18(24(32)33-4-2)21(29)27-22(30)15-8-10-16(25)11-9-15/h5-11,13-14H,3-4,12H2,1-2H3. The number of carbonyl (C=O) groups excluding carboxylic acids is 2. The summed E-state index contributed by atoms with van der Waals surface area (Å²) in [5.74, 6) is -1.86. The zero-order valence-electron chi connectivity index (χ0n) is 18.1. The normalized spacial score (nSPS) is 11.8. The lowest BCUT2D eigenvalue weighted by Crippen LogP contribution is -2.32. The Morgan fingerprint density at radius 2 is 1.88 bits per heavy atom. The van der Waals surface area contributed by atoms with Crippen molar-refractivity contribution in [2.24, 2.45) is 4.99 Å². The molecule has 0 N–H and O–H groups in total. The van der Waals surface area contributed by atoms with Crippen molar-refractivity contribution in [1.29, 1.82) is 0 Å². The monoisotopic (exact) mass is 448 g/mol. The number of carbonyl (C=O) groups is 2. The van der Waals surface area contributed by atoms with Gasteiger partial charge >= 0.3 is 5.97 Å². The van der Waals surface area contributed by atoms with Gasteiger partial charge in [0.05, 0.1) is 12.0 Å². The zero-order chi connectivity index (χ0) is 23.5. The number of aryl methyl sites for hydroxylation is 1. The third kappa shape index (κ3) is 4.17. The van der Waals surface area contributed by atoms with Crippen molar-refractivity contribution < 1.29 is 18.7 Å². The first kappa shape index (κ1) is 22.1. The van der Waals surface area contributed by atoms with Crippen LogP contribution < -0.4 is 11.0 Å². The van der Waals surface area contributed by atoms with Crippen molar-refractivity contribution in [2.45, 2.75) is 26.8 Å². The van der Waals surface area contributed by atoms with Crippen LogP contribution in [0.3, 0.4) is 0 Å². The molecular formula is C24H21FN4O4. The molecule has 1 aromatic carbocycles. The van der Waals surface area contributed by atoms with Gasteiger partial charge in [-0.25, -0.2) is 14.2 Å². The van der Waals surface area contributed by atoms with E-state index in [-0.39, 0.29) is 34.2 Å². The molecule has 0 saturated heterocycles. The maximum Gasteiger partial charge on any atom is 0.341 e. The minimum atomic E-state index is -0.715. The number of fused-ring (bicyclic) bond motifs is 2. The van der Waals surface area contributed by atoms with Gasteiger partial charge in [-0.15, -0.1) is 0 Å². The Kier molecular flexibility index (Phi) is 6.12. The van der Waals surface area contributed by atoms with Crippen molar-refractivity contribution in [3.63, 3.8) is 0 Å². The van der Waals surface area contributed by atoms with Gasteiger partial charge in [-0.2, -0.15) is 4.99 Å². The number of hydrogen-bond acceptors (Lipinski definition) is 5. The first-order valence-electron chi connectivity index (χ1n) is 10.5. The second-order valence-corrected chi connectivity index (χ2v) is 7.26. The maximum atomic E-state index is 13.3. The molecule has 168 valence electrons. The van der Waals surface area contributed by atoms with Crippen LogP contribution in [0.4, 0.5) is 4.39 Å². The van der Waals surface area contributed by atoms with Crippen molar-refractivity contribution in [3.8, 4) is 0 Å². The summed E-state index contributed by atoms with van der Waals surface area (Å²) in [6.07, 6.45) is 2.21. The van der Waals surface area contributed by atoms with E-state index in [0.29, 0.717) is 24.3 Å². The molecule has 0 saturated carbocycles. The Bertz CT molecular complexity index is 1500. The van der Waals surface area contributed by atoms with Gasteiger partial charge in [-0.05, 0) is 55.8 Å². The number of ether oxygens (including phenoxy) is 1. The number of hydrogen-bond donors (Lipinski definition) is 0. The van der Waals surface area contributed by atoms with Gasteiger partial charge in [0.15, 0.2) is 5.49 Å². The lowest BCUT2D eigenvalue weighted by molar-refractivity contribution is 0.0523. The summed E-state index contributed by atoms with van der Waals surface area (Å²) in [6.45, 7) is 4.01. The van der Waals surface area contributed by atoms with Crippen molar-refractivity contribution in [1.82, 2.24) is 14.0 Å². The SMILES string of the molecule is CCCn1c(=NC(=O)c2ccc(F)cc2)c(C(=O)OCC)cc2c(=O)n3ccccc3nc21. The third-order valence-electron chi connectivity index (χ3n) is 5.03. The fourth-order valence-electron chi connectivity index (χ4n) is 3.55. The Balaban J connectivity index is 2.10. The smallest absolute Gasteiger partial charge is 0.341 e. The molecule has 9 heteroatoms. The van der Waals surface area contributed by atoms with Crippen LogP contribution in [0, 0.1) is 5.82 Å². The second-order valence-electron chi connectivity index (χ2n) is 7.26. The minimum Gasteiger partial charge on any atom is -0.462 e.